The average molecular weight is 335 g/mol. The van der Waals surface area contributed by atoms with Gasteiger partial charge in [0.25, 0.3) is 0 Å². The molecule has 1 aromatic rings. The van der Waals surface area contributed by atoms with E-state index in [2.05, 4.69) is 20.3 Å². The Hall–Kier alpha value is -1.47. The van der Waals surface area contributed by atoms with Gasteiger partial charge in [-0.3, -0.25) is 14.4 Å². The number of carbonyl (C=O) groups is 1. The molecule has 3 atom stereocenters. The van der Waals surface area contributed by atoms with E-state index in [1.54, 1.807) is 11.0 Å². The third kappa shape index (κ3) is 4.54. The molecule has 0 spiro atoms. The zero-order chi connectivity index (χ0) is 16.8. The normalized spacial score (nSPS) is 28.6. The lowest BCUT2D eigenvalue weighted by Gasteiger charge is -2.34. The summed E-state index contributed by atoms with van der Waals surface area (Å²) in [6, 6.07) is 0.0902. The van der Waals surface area contributed by atoms with Crippen LogP contribution in [0, 0.1) is 0 Å². The van der Waals surface area contributed by atoms with Crippen LogP contribution in [0.5, 0.6) is 0 Å². The van der Waals surface area contributed by atoms with Gasteiger partial charge in [-0.2, -0.15) is 5.10 Å². The second-order valence-electron chi connectivity index (χ2n) is 7.02. The van der Waals surface area contributed by atoms with Gasteiger partial charge in [-0.25, -0.2) is 4.98 Å². The summed E-state index contributed by atoms with van der Waals surface area (Å²) in [5.41, 5.74) is 0. The van der Waals surface area contributed by atoms with E-state index in [9.17, 15) is 9.90 Å². The first-order valence-electron chi connectivity index (χ1n) is 9.28. The van der Waals surface area contributed by atoms with Crippen molar-refractivity contribution in [1.82, 2.24) is 25.0 Å². The largest absolute Gasteiger partial charge is 0.389 e. The minimum absolute atomic E-state index is 0.0289. The molecule has 2 N–H and O–H groups in total. The number of aromatic nitrogens is 3. The Kier molecular flexibility index (Phi) is 6.20. The quantitative estimate of drug-likeness (QED) is 0.756. The Labute approximate surface area is 143 Å². The van der Waals surface area contributed by atoms with Crippen molar-refractivity contribution in [1.29, 1.82) is 0 Å². The van der Waals surface area contributed by atoms with E-state index in [1.807, 2.05) is 0 Å². The van der Waals surface area contributed by atoms with Crippen LogP contribution in [0.4, 0.5) is 0 Å². The van der Waals surface area contributed by atoms with Gasteiger partial charge in [-0.05, 0) is 45.2 Å². The molecule has 1 saturated heterocycles. The molecule has 1 aliphatic carbocycles. The molecule has 1 amide bonds. The number of aryl methyl sites for hydroxylation is 1. The van der Waals surface area contributed by atoms with E-state index in [1.165, 1.54) is 19.2 Å². The van der Waals surface area contributed by atoms with Crippen molar-refractivity contribution < 1.29 is 9.90 Å². The van der Waals surface area contributed by atoms with Gasteiger partial charge in [0.05, 0.1) is 12.1 Å². The van der Waals surface area contributed by atoms with E-state index in [0.29, 0.717) is 13.0 Å². The van der Waals surface area contributed by atoms with Crippen molar-refractivity contribution in [2.75, 3.05) is 13.1 Å². The number of aliphatic hydroxyl groups excluding tert-OH is 1. The maximum Gasteiger partial charge on any atom is 0.220 e. The van der Waals surface area contributed by atoms with Gasteiger partial charge in [0.2, 0.25) is 5.91 Å². The van der Waals surface area contributed by atoms with Gasteiger partial charge in [0, 0.05) is 19.0 Å². The van der Waals surface area contributed by atoms with Gasteiger partial charge >= 0.3 is 0 Å². The number of rotatable bonds is 6. The van der Waals surface area contributed by atoms with Crippen LogP contribution < -0.4 is 5.32 Å². The molecule has 0 bridgehead atoms. The lowest BCUT2D eigenvalue weighted by molar-refractivity contribution is -0.123. The monoisotopic (exact) mass is 335 g/mol. The molecule has 7 heteroatoms. The summed E-state index contributed by atoms with van der Waals surface area (Å²) in [7, 11) is 0. The zero-order valence-corrected chi connectivity index (χ0v) is 14.3. The minimum atomic E-state index is -0.454. The van der Waals surface area contributed by atoms with Crippen LogP contribution in [-0.2, 0) is 11.3 Å². The Morgan fingerprint density at radius 2 is 2.00 bits per heavy atom. The van der Waals surface area contributed by atoms with E-state index in [4.69, 9.17) is 0 Å². The third-order valence-electron chi connectivity index (χ3n) is 5.29. The highest BCUT2D eigenvalue weighted by molar-refractivity contribution is 5.76. The highest BCUT2D eigenvalue weighted by atomic mass is 16.3. The van der Waals surface area contributed by atoms with Gasteiger partial charge < -0.3 is 10.4 Å². The molecule has 0 unspecified atom stereocenters. The molecule has 0 radical (unpaired) electrons. The van der Waals surface area contributed by atoms with E-state index in [-0.39, 0.29) is 18.0 Å². The topological polar surface area (TPSA) is 83.3 Å². The predicted molar refractivity (Wildman–Crippen MR) is 90.3 cm³/mol. The SMILES string of the molecule is O=C(CCCn1cncn1)N[C@@H]1CCCC[C@@H](N2CCCC2)[C@@H]1O. The molecule has 0 aromatic carbocycles. The Morgan fingerprint density at radius 1 is 1.21 bits per heavy atom. The molecular formula is C17H29N5O2. The average Bonchev–Trinajstić information content (AvgIpc) is 3.24. The second-order valence-corrected chi connectivity index (χ2v) is 7.02. The highest BCUT2D eigenvalue weighted by Gasteiger charge is 2.35. The van der Waals surface area contributed by atoms with Crippen LogP contribution in [0.1, 0.15) is 51.4 Å². The zero-order valence-electron chi connectivity index (χ0n) is 14.3. The summed E-state index contributed by atoms with van der Waals surface area (Å²) in [6.45, 7) is 2.86. The van der Waals surface area contributed by atoms with Crippen LogP contribution in [0.3, 0.4) is 0 Å². The summed E-state index contributed by atoms with van der Waals surface area (Å²) in [5.74, 6) is 0.0289. The molecule has 2 fully saturated rings. The smallest absolute Gasteiger partial charge is 0.220 e. The second kappa shape index (κ2) is 8.58. The molecule has 1 aliphatic heterocycles. The van der Waals surface area contributed by atoms with Gasteiger partial charge in [0.15, 0.2) is 0 Å². The number of nitrogens with zero attached hydrogens (tertiary/aromatic N) is 4. The lowest BCUT2D eigenvalue weighted by Crippen LogP contribution is -2.52. The first-order chi connectivity index (χ1) is 11.7. The van der Waals surface area contributed by atoms with Gasteiger partial charge in [-0.1, -0.05) is 12.8 Å². The minimum Gasteiger partial charge on any atom is -0.389 e. The van der Waals surface area contributed by atoms with Crippen LogP contribution in [-0.4, -0.2) is 62.0 Å². The van der Waals surface area contributed by atoms with E-state index >= 15 is 0 Å². The Morgan fingerprint density at radius 3 is 2.75 bits per heavy atom. The number of amides is 1. The fourth-order valence-electron chi connectivity index (χ4n) is 3.99. The molecule has 1 saturated carbocycles. The summed E-state index contributed by atoms with van der Waals surface area (Å²) in [4.78, 5) is 18.6. The van der Waals surface area contributed by atoms with Crippen molar-refractivity contribution in [2.24, 2.45) is 0 Å². The van der Waals surface area contributed by atoms with Crippen molar-refractivity contribution in [3.05, 3.63) is 12.7 Å². The summed E-state index contributed by atoms with van der Waals surface area (Å²) >= 11 is 0. The van der Waals surface area contributed by atoms with Crippen molar-refractivity contribution >= 4 is 5.91 Å². The van der Waals surface area contributed by atoms with Crippen molar-refractivity contribution in [2.45, 2.75) is 76.1 Å². The summed E-state index contributed by atoms with van der Waals surface area (Å²) < 4.78 is 1.73. The fourth-order valence-corrected chi connectivity index (χ4v) is 3.99. The van der Waals surface area contributed by atoms with Crippen molar-refractivity contribution in [3.8, 4) is 0 Å². The maximum absolute atomic E-state index is 12.2. The predicted octanol–water partition coefficient (Wildman–Crippen LogP) is 0.942. The number of likely N-dealkylation sites (tertiary alicyclic amines) is 1. The molecule has 2 aliphatic rings. The fraction of sp³-hybridized carbons (Fsp3) is 0.824. The van der Waals surface area contributed by atoms with Gasteiger partial charge in [0.1, 0.15) is 12.7 Å². The molecule has 1 aromatic heterocycles. The van der Waals surface area contributed by atoms with E-state index < -0.39 is 6.10 Å². The molecule has 24 heavy (non-hydrogen) atoms. The van der Waals surface area contributed by atoms with E-state index in [0.717, 1.165) is 45.2 Å². The molecular weight excluding hydrogens is 306 g/mol. The molecule has 134 valence electrons. The first kappa shape index (κ1) is 17.4. The highest BCUT2D eigenvalue weighted by Crippen LogP contribution is 2.26. The standard InChI is InChI=1S/C17H29N5O2/c23-16(8-5-11-22-13-18-12-19-22)20-14-6-1-2-7-15(17(14)24)21-9-3-4-10-21/h12-15,17,24H,1-11H2,(H,20,23)/t14-,15-,17-/m1/s1. The Bertz CT molecular complexity index is 501. The van der Waals surface area contributed by atoms with Crippen molar-refractivity contribution in [3.63, 3.8) is 0 Å². The molecule has 3 rings (SSSR count). The number of carbonyl (C=O) groups excluding carboxylic acids is 1. The molecule has 7 nitrogen and oxygen atoms in total. The molecule has 2 heterocycles. The van der Waals surface area contributed by atoms with Crippen LogP contribution in [0.2, 0.25) is 0 Å². The first-order valence-corrected chi connectivity index (χ1v) is 9.28. The Balaban J connectivity index is 1.47. The summed E-state index contributed by atoms with van der Waals surface area (Å²) in [5, 5.41) is 17.9. The van der Waals surface area contributed by atoms with Crippen LogP contribution in [0.25, 0.3) is 0 Å². The third-order valence-corrected chi connectivity index (χ3v) is 5.29. The van der Waals surface area contributed by atoms with Crippen LogP contribution in [0.15, 0.2) is 12.7 Å². The number of hydrogen-bond acceptors (Lipinski definition) is 5. The lowest BCUT2D eigenvalue weighted by atomic mass is 10.00. The van der Waals surface area contributed by atoms with Gasteiger partial charge in [-0.15, -0.1) is 0 Å². The maximum atomic E-state index is 12.2. The summed E-state index contributed by atoms with van der Waals surface area (Å²) in [6.07, 6.45) is 10.5. The number of hydrogen-bond donors (Lipinski definition) is 2. The number of nitrogens with one attached hydrogen (secondary N) is 1. The van der Waals surface area contributed by atoms with Crippen LogP contribution >= 0.6 is 0 Å². The number of aliphatic hydroxyl groups is 1.